The predicted octanol–water partition coefficient (Wildman–Crippen LogP) is 3.43. The van der Waals surface area contributed by atoms with Crippen molar-refractivity contribution in [3.8, 4) is 0 Å². The molecule has 2 fully saturated rings. The minimum atomic E-state index is -4.15. The summed E-state index contributed by atoms with van der Waals surface area (Å²) in [6, 6.07) is 5.56. The summed E-state index contributed by atoms with van der Waals surface area (Å²) in [7, 11) is -4.15. The topological polar surface area (TPSA) is 57.6 Å². The van der Waals surface area contributed by atoms with Crippen LogP contribution < -0.4 is 0 Å². The SMILES string of the molecule is O=S(=O)(O)c1ccc(Br)cc1C1CC(N2CCCCC2)C1. The lowest BCUT2D eigenvalue weighted by Crippen LogP contribution is -2.46. The third-order valence-electron chi connectivity index (χ3n) is 4.71. The highest BCUT2D eigenvalue weighted by Gasteiger charge is 2.37. The third-order valence-corrected chi connectivity index (χ3v) is 6.13. The zero-order valence-corrected chi connectivity index (χ0v) is 14.2. The molecule has 1 aromatic rings. The molecular weight excluding hydrogens is 354 g/mol. The van der Waals surface area contributed by atoms with Gasteiger partial charge in [-0.1, -0.05) is 22.4 Å². The fraction of sp³-hybridized carbons (Fsp3) is 0.600. The van der Waals surface area contributed by atoms with E-state index in [0.717, 1.165) is 22.9 Å². The van der Waals surface area contributed by atoms with E-state index in [9.17, 15) is 13.0 Å². The molecule has 1 saturated heterocycles. The van der Waals surface area contributed by atoms with Crippen molar-refractivity contribution in [2.75, 3.05) is 13.1 Å². The van der Waals surface area contributed by atoms with Gasteiger partial charge in [0, 0.05) is 10.5 Å². The molecule has 0 aromatic heterocycles. The number of hydrogen-bond acceptors (Lipinski definition) is 3. The molecule has 116 valence electrons. The summed E-state index contributed by atoms with van der Waals surface area (Å²) in [6.07, 6.45) is 5.84. The van der Waals surface area contributed by atoms with Gasteiger partial charge in [0.1, 0.15) is 0 Å². The average molecular weight is 374 g/mol. The van der Waals surface area contributed by atoms with Crippen LogP contribution in [0.15, 0.2) is 27.6 Å². The Hall–Kier alpha value is -0.430. The van der Waals surface area contributed by atoms with Crippen molar-refractivity contribution in [3.63, 3.8) is 0 Å². The largest absolute Gasteiger partial charge is 0.300 e. The van der Waals surface area contributed by atoms with E-state index in [0.29, 0.717) is 6.04 Å². The van der Waals surface area contributed by atoms with E-state index in [1.54, 1.807) is 6.07 Å². The molecule has 0 spiro atoms. The van der Waals surface area contributed by atoms with Crippen LogP contribution in [0.5, 0.6) is 0 Å². The van der Waals surface area contributed by atoms with Gasteiger partial charge in [-0.05, 0) is 68.5 Å². The van der Waals surface area contributed by atoms with Gasteiger partial charge >= 0.3 is 0 Å². The number of halogens is 1. The summed E-state index contributed by atoms with van der Waals surface area (Å²) < 4.78 is 33.3. The van der Waals surface area contributed by atoms with Gasteiger partial charge in [-0.25, -0.2) is 0 Å². The number of likely N-dealkylation sites (tertiary alicyclic amines) is 1. The first-order chi connectivity index (χ1) is 9.95. The van der Waals surface area contributed by atoms with Crippen LogP contribution >= 0.6 is 15.9 Å². The molecule has 1 saturated carbocycles. The van der Waals surface area contributed by atoms with E-state index in [1.165, 1.54) is 38.4 Å². The zero-order valence-electron chi connectivity index (χ0n) is 11.8. The van der Waals surface area contributed by atoms with Gasteiger partial charge in [-0.15, -0.1) is 0 Å². The summed E-state index contributed by atoms with van der Waals surface area (Å²) in [5, 5.41) is 0. The van der Waals surface area contributed by atoms with Crippen LogP contribution in [-0.2, 0) is 10.1 Å². The Bertz CT molecular complexity index is 620. The molecule has 0 radical (unpaired) electrons. The molecule has 1 N–H and O–H groups in total. The van der Waals surface area contributed by atoms with Gasteiger partial charge in [0.25, 0.3) is 10.1 Å². The highest BCUT2D eigenvalue weighted by Crippen LogP contribution is 2.43. The minimum absolute atomic E-state index is 0.0628. The average Bonchev–Trinajstić information content (AvgIpc) is 2.37. The lowest BCUT2D eigenvalue weighted by molar-refractivity contribution is 0.0880. The first-order valence-corrected chi connectivity index (χ1v) is 9.69. The van der Waals surface area contributed by atoms with E-state index in [4.69, 9.17) is 0 Å². The Kier molecular flexibility index (Phi) is 4.41. The van der Waals surface area contributed by atoms with Gasteiger partial charge in [0.2, 0.25) is 0 Å². The number of nitrogens with zero attached hydrogens (tertiary/aromatic N) is 1. The second-order valence-electron chi connectivity index (χ2n) is 6.08. The summed E-state index contributed by atoms with van der Waals surface area (Å²) >= 11 is 3.39. The molecule has 2 aliphatic rings. The molecular formula is C15H20BrNO3S. The maximum absolute atomic E-state index is 11.5. The van der Waals surface area contributed by atoms with Crippen LogP contribution in [-0.4, -0.2) is 37.0 Å². The first-order valence-electron chi connectivity index (χ1n) is 7.46. The Labute approximate surface area is 134 Å². The van der Waals surface area contributed by atoms with Crippen molar-refractivity contribution >= 4 is 26.0 Å². The minimum Gasteiger partial charge on any atom is -0.300 e. The number of piperidine rings is 1. The summed E-state index contributed by atoms with van der Waals surface area (Å²) in [5.74, 6) is 0.228. The van der Waals surface area contributed by atoms with Crippen LogP contribution in [0.25, 0.3) is 0 Å². The molecule has 1 heterocycles. The van der Waals surface area contributed by atoms with Crippen molar-refractivity contribution in [2.45, 2.75) is 49.0 Å². The second-order valence-corrected chi connectivity index (χ2v) is 8.38. The molecule has 1 aliphatic carbocycles. The molecule has 0 amide bonds. The summed E-state index contributed by atoms with van der Waals surface area (Å²) in [6.45, 7) is 2.34. The molecule has 1 aromatic carbocycles. The van der Waals surface area contributed by atoms with E-state index in [2.05, 4.69) is 20.8 Å². The van der Waals surface area contributed by atoms with Crippen LogP contribution in [0.1, 0.15) is 43.6 Å². The molecule has 0 unspecified atom stereocenters. The molecule has 3 rings (SSSR count). The zero-order chi connectivity index (χ0) is 15.0. The molecule has 0 bridgehead atoms. The molecule has 1 aliphatic heterocycles. The van der Waals surface area contributed by atoms with Crippen LogP contribution in [0, 0.1) is 0 Å². The van der Waals surface area contributed by atoms with Crippen LogP contribution in [0.4, 0.5) is 0 Å². The molecule has 4 nitrogen and oxygen atoms in total. The predicted molar refractivity (Wildman–Crippen MR) is 85.1 cm³/mol. The Morgan fingerprint density at radius 2 is 1.81 bits per heavy atom. The van der Waals surface area contributed by atoms with Gasteiger partial charge in [-0.2, -0.15) is 8.42 Å². The third kappa shape index (κ3) is 3.33. The quantitative estimate of drug-likeness (QED) is 0.824. The maximum Gasteiger partial charge on any atom is 0.294 e. The van der Waals surface area contributed by atoms with Crippen molar-refractivity contribution in [3.05, 3.63) is 28.2 Å². The van der Waals surface area contributed by atoms with Crippen LogP contribution in [0.3, 0.4) is 0 Å². The van der Waals surface area contributed by atoms with E-state index < -0.39 is 10.1 Å². The summed E-state index contributed by atoms with van der Waals surface area (Å²) in [5.41, 5.74) is 0.750. The first kappa shape index (κ1) is 15.5. The monoisotopic (exact) mass is 373 g/mol. The van der Waals surface area contributed by atoms with Gasteiger partial charge in [0.15, 0.2) is 0 Å². The number of rotatable bonds is 3. The standard InChI is InChI=1S/C15H20BrNO3S/c16-12-4-5-15(21(18,19)20)14(10-12)11-8-13(9-11)17-6-2-1-3-7-17/h4-5,10-11,13H,1-3,6-9H2,(H,18,19,20). The van der Waals surface area contributed by atoms with Crippen molar-refractivity contribution in [2.24, 2.45) is 0 Å². The van der Waals surface area contributed by atoms with Gasteiger partial charge < -0.3 is 4.90 Å². The fourth-order valence-corrected chi connectivity index (χ4v) is 4.64. The Morgan fingerprint density at radius 3 is 2.43 bits per heavy atom. The number of benzene rings is 1. The lowest BCUT2D eigenvalue weighted by atomic mass is 9.74. The maximum atomic E-state index is 11.5. The molecule has 21 heavy (non-hydrogen) atoms. The Balaban J connectivity index is 1.75. The molecule has 0 atom stereocenters. The Morgan fingerprint density at radius 1 is 1.14 bits per heavy atom. The van der Waals surface area contributed by atoms with Crippen molar-refractivity contribution in [1.82, 2.24) is 4.90 Å². The van der Waals surface area contributed by atoms with Gasteiger partial charge in [-0.3, -0.25) is 4.55 Å². The van der Waals surface area contributed by atoms with E-state index in [1.807, 2.05) is 6.07 Å². The van der Waals surface area contributed by atoms with Crippen LogP contribution in [0.2, 0.25) is 0 Å². The van der Waals surface area contributed by atoms with Crippen molar-refractivity contribution < 1.29 is 13.0 Å². The van der Waals surface area contributed by atoms with Crippen molar-refractivity contribution in [1.29, 1.82) is 0 Å². The number of hydrogen-bond donors (Lipinski definition) is 1. The van der Waals surface area contributed by atoms with E-state index in [-0.39, 0.29) is 10.8 Å². The highest BCUT2D eigenvalue weighted by molar-refractivity contribution is 9.10. The smallest absolute Gasteiger partial charge is 0.294 e. The van der Waals surface area contributed by atoms with E-state index >= 15 is 0 Å². The normalized spacial score (nSPS) is 27.3. The lowest BCUT2D eigenvalue weighted by Gasteiger charge is -2.45. The summed E-state index contributed by atoms with van der Waals surface area (Å²) in [4.78, 5) is 2.60. The highest BCUT2D eigenvalue weighted by atomic mass is 79.9. The van der Waals surface area contributed by atoms with Gasteiger partial charge in [0.05, 0.1) is 4.90 Å². The fourth-order valence-electron chi connectivity index (χ4n) is 3.50. The molecule has 6 heteroatoms. The second kappa shape index (κ2) is 5.99.